The van der Waals surface area contributed by atoms with Crippen LogP contribution in [-0.4, -0.2) is 155 Å². The molecule has 1 fully saturated rings. The van der Waals surface area contributed by atoms with Crippen LogP contribution in [0.25, 0.3) is 11.2 Å². The number of carbonyl (C=O) groups is 2. The number of anilines is 1. The largest absolute Gasteiger partial charge is 0.481 e. The number of fused-ring (bicyclic) bond motifs is 1. The van der Waals surface area contributed by atoms with Crippen molar-refractivity contribution in [3.05, 3.63) is 12.7 Å². The van der Waals surface area contributed by atoms with Crippen molar-refractivity contribution in [2.45, 2.75) is 70.7 Å². The third-order valence-corrected chi connectivity index (χ3v) is 12.6. The van der Waals surface area contributed by atoms with Gasteiger partial charge in [0.2, 0.25) is 11.8 Å². The number of nitrogens with two attached hydrogens (primary N) is 2. The second-order valence-corrected chi connectivity index (χ2v) is 19.4. The SMILES string of the molecule is C/C(CSCCNC(=O)CCNC(=O)[C@@H](O)C(C)(C)COP(=O)(O)OP(=O)(O)OC[C@H]1O[C@@H](n2cnc3c(N)ncnc32)[C@H](O)[C@@H]1OP(=O)(O)O)=N\OCCNCCCCN. The molecular weight excluding hydrogens is 897 g/mol. The van der Waals surface area contributed by atoms with Gasteiger partial charge in [0, 0.05) is 43.0 Å². The fourth-order valence-electron chi connectivity index (χ4n) is 5.24. The van der Waals surface area contributed by atoms with E-state index < -0.39 is 78.6 Å². The fourth-order valence-corrected chi connectivity index (χ4v) is 8.81. The van der Waals surface area contributed by atoms with Crippen LogP contribution < -0.4 is 27.4 Å². The molecule has 27 nitrogen and oxygen atoms in total. The van der Waals surface area contributed by atoms with Crippen molar-refractivity contribution in [3.63, 3.8) is 0 Å². The van der Waals surface area contributed by atoms with Crippen molar-refractivity contribution < 1.29 is 80.5 Å². The van der Waals surface area contributed by atoms with Crippen LogP contribution in [0.4, 0.5) is 5.82 Å². The number of oxime groups is 1. The molecule has 7 atom stereocenters. The maximum absolute atomic E-state index is 12.7. The summed E-state index contributed by atoms with van der Waals surface area (Å²) in [6.45, 7) is 5.19. The summed E-state index contributed by atoms with van der Waals surface area (Å²) in [7, 11) is -16.4. The average Bonchev–Trinajstić information content (AvgIpc) is 3.73. The standard InChI is InChI=1S/C30H55N10O17P3S/c1-19(39-52-12-10-33-8-5-4-7-31)15-61-13-11-34-21(41)6-9-35-28(44)25(43)30(2,3)16-54-60(50,51)57-59(48,49)53-14-20-24(56-58(45,46)47)23(42)29(55-20)40-18-38-22-26(32)36-17-37-27(22)40/h17-18,20,23-25,29,33,42-43H,4-16,31H2,1-3H3,(H,34,41)(H,35,44)(H,48,49)(H,50,51)(H2,32,36,37)(H2,45,46,47)/b39-19+/t20-,23-,24-,25-,29-/m1/s1. The number of nitrogens with one attached hydrogen (secondary N) is 3. The number of rotatable bonds is 29. The molecule has 0 spiro atoms. The van der Waals surface area contributed by atoms with Crippen LogP contribution in [0.3, 0.4) is 0 Å². The van der Waals surface area contributed by atoms with Crippen LogP contribution in [0, 0.1) is 5.41 Å². The molecule has 0 saturated carbocycles. The van der Waals surface area contributed by atoms with Gasteiger partial charge in [0.25, 0.3) is 0 Å². The number of phosphoric ester groups is 3. The van der Waals surface area contributed by atoms with E-state index in [-0.39, 0.29) is 35.9 Å². The van der Waals surface area contributed by atoms with E-state index in [1.165, 1.54) is 25.6 Å². The van der Waals surface area contributed by atoms with Crippen molar-refractivity contribution in [3.8, 4) is 0 Å². The third-order valence-electron chi connectivity index (χ3n) is 8.36. The van der Waals surface area contributed by atoms with E-state index in [2.05, 4.69) is 44.9 Å². The van der Waals surface area contributed by atoms with E-state index in [1.807, 2.05) is 6.92 Å². The van der Waals surface area contributed by atoms with Gasteiger partial charge < -0.3 is 66.8 Å². The van der Waals surface area contributed by atoms with Crippen LogP contribution in [0.2, 0.25) is 0 Å². The number of hydrogen-bond donors (Lipinski definition) is 11. The van der Waals surface area contributed by atoms with Gasteiger partial charge in [-0.15, -0.1) is 0 Å². The van der Waals surface area contributed by atoms with Crippen molar-refractivity contribution in [1.82, 2.24) is 35.5 Å². The van der Waals surface area contributed by atoms with Crippen LogP contribution in [-0.2, 0) is 50.7 Å². The van der Waals surface area contributed by atoms with Gasteiger partial charge in [-0.2, -0.15) is 16.1 Å². The number of nitrogen functional groups attached to an aromatic ring is 1. The first-order valence-corrected chi connectivity index (χ1v) is 24.3. The van der Waals surface area contributed by atoms with E-state index in [9.17, 15) is 53.1 Å². The Bertz CT molecular complexity index is 1910. The minimum Gasteiger partial charge on any atom is -0.394 e. The molecule has 0 aliphatic carbocycles. The number of thioether (sulfide) groups is 1. The second kappa shape index (κ2) is 24.4. The lowest BCUT2D eigenvalue weighted by molar-refractivity contribution is -0.137. The zero-order chi connectivity index (χ0) is 45.4. The molecule has 1 aliphatic rings. The van der Waals surface area contributed by atoms with Gasteiger partial charge in [-0.05, 0) is 32.9 Å². The molecular formula is C30H55N10O17P3S. The summed E-state index contributed by atoms with van der Waals surface area (Å²) in [4.78, 5) is 81.2. The first kappa shape index (κ1) is 52.6. The van der Waals surface area contributed by atoms with Gasteiger partial charge in [0.15, 0.2) is 17.7 Å². The molecule has 0 aromatic carbocycles. The summed E-state index contributed by atoms with van der Waals surface area (Å²) >= 11 is 1.53. The highest BCUT2D eigenvalue weighted by Gasteiger charge is 2.50. The Morgan fingerprint density at radius 1 is 1.05 bits per heavy atom. The maximum atomic E-state index is 12.7. The molecule has 348 valence electrons. The number of unbranched alkanes of at least 4 members (excludes halogenated alkanes) is 1. The van der Waals surface area contributed by atoms with E-state index in [0.29, 0.717) is 37.7 Å². The van der Waals surface area contributed by atoms with Gasteiger partial charge in [-0.25, -0.2) is 28.6 Å². The quantitative estimate of drug-likeness (QED) is 0.0199. The maximum Gasteiger partial charge on any atom is 0.481 e. The molecule has 2 unspecified atom stereocenters. The Hall–Kier alpha value is -2.72. The number of aromatic nitrogens is 4. The summed E-state index contributed by atoms with van der Waals surface area (Å²) in [6.07, 6.45) is -4.87. The summed E-state index contributed by atoms with van der Waals surface area (Å²) in [5, 5.41) is 33.9. The number of imidazole rings is 1. The predicted octanol–water partition coefficient (Wildman–Crippen LogP) is -1.14. The van der Waals surface area contributed by atoms with E-state index in [1.54, 1.807) is 0 Å². The van der Waals surface area contributed by atoms with Gasteiger partial charge in [0.1, 0.15) is 42.9 Å². The first-order valence-electron chi connectivity index (χ1n) is 18.6. The summed E-state index contributed by atoms with van der Waals surface area (Å²) < 4.78 is 62.3. The van der Waals surface area contributed by atoms with Crippen molar-refractivity contribution in [2.75, 3.05) is 69.8 Å². The Kier molecular flexibility index (Phi) is 21.0. The van der Waals surface area contributed by atoms with Crippen molar-refractivity contribution >= 4 is 69.7 Å². The molecule has 61 heavy (non-hydrogen) atoms. The number of aliphatic hydroxyl groups is 2. The average molecular weight is 953 g/mol. The fraction of sp³-hybridized carbons (Fsp3) is 0.733. The lowest BCUT2D eigenvalue weighted by atomic mass is 9.87. The zero-order valence-electron chi connectivity index (χ0n) is 33.5. The van der Waals surface area contributed by atoms with Crippen molar-refractivity contribution in [2.24, 2.45) is 16.3 Å². The highest BCUT2D eigenvalue weighted by atomic mass is 32.2. The summed E-state index contributed by atoms with van der Waals surface area (Å²) in [5.41, 5.74) is 10.5. The molecule has 3 heterocycles. The van der Waals surface area contributed by atoms with Crippen LogP contribution in [0.15, 0.2) is 17.8 Å². The number of amides is 2. The minimum atomic E-state index is -5.57. The molecule has 1 saturated heterocycles. The molecule has 0 bridgehead atoms. The highest BCUT2D eigenvalue weighted by molar-refractivity contribution is 7.99. The lowest BCUT2D eigenvalue weighted by Crippen LogP contribution is -2.46. The normalized spacial score (nSPS) is 21.2. The minimum absolute atomic E-state index is 0.0336. The number of aliphatic hydroxyl groups excluding tert-OH is 2. The first-order chi connectivity index (χ1) is 28.6. The monoisotopic (exact) mass is 952 g/mol. The number of nitrogens with zero attached hydrogens (tertiary/aromatic N) is 5. The molecule has 2 aromatic heterocycles. The van der Waals surface area contributed by atoms with Gasteiger partial charge in [-0.3, -0.25) is 27.7 Å². The van der Waals surface area contributed by atoms with Gasteiger partial charge in [0.05, 0.1) is 25.3 Å². The third kappa shape index (κ3) is 18.1. The smallest absolute Gasteiger partial charge is 0.394 e. The topological polar surface area (TPSA) is 406 Å². The summed E-state index contributed by atoms with van der Waals surface area (Å²) in [5.74, 6) is -0.177. The Morgan fingerprint density at radius 2 is 1.77 bits per heavy atom. The highest BCUT2D eigenvalue weighted by Crippen LogP contribution is 2.61. The zero-order valence-corrected chi connectivity index (χ0v) is 37.0. The lowest BCUT2D eigenvalue weighted by Gasteiger charge is -2.30. The number of hydrogen-bond acceptors (Lipinski definition) is 21. The van der Waals surface area contributed by atoms with Gasteiger partial charge in [-0.1, -0.05) is 19.0 Å². The molecule has 31 heteroatoms. The molecule has 2 aromatic rings. The van der Waals surface area contributed by atoms with Crippen LogP contribution in [0.1, 0.15) is 46.3 Å². The predicted molar refractivity (Wildman–Crippen MR) is 217 cm³/mol. The van der Waals surface area contributed by atoms with Gasteiger partial charge >= 0.3 is 23.5 Å². The van der Waals surface area contributed by atoms with Crippen LogP contribution in [0.5, 0.6) is 0 Å². The molecule has 0 radical (unpaired) electrons. The molecule has 13 N–H and O–H groups in total. The Morgan fingerprint density at radius 3 is 2.48 bits per heavy atom. The Labute approximate surface area is 354 Å². The van der Waals surface area contributed by atoms with E-state index in [0.717, 1.165) is 42.3 Å². The molecule has 3 rings (SSSR count). The van der Waals surface area contributed by atoms with Crippen molar-refractivity contribution in [1.29, 1.82) is 0 Å². The molecule has 2 amide bonds. The molecule has 1 aliphatic heterocycles. The number of phosphoric acid groups is 3. The summed E-state index contributed by atoms with van der Waals surface area (Å²) in [6, 6.07) is 0. The number of carbonyl (C=O) groups excluding carboxylic acids is 2. The number of ether oxygens (including phenoxy) is 1. The Balaban J connectivity index is 1.39. The van der Waals surface area contributed by atoms with Crippen LogP contribution >= 0.6 is 35.2 Å². The second-order valence-electron chi connectivity index (χ2n) is 14.0. The van der Waals surface area contributed by atoms with E-state index in [4.69, 9.17) is 30.1 Å². The van der Waals surface area contributed by atoms with E-state index >= 15 is 0 Å².